The predicted octanol–water partition coefficient (Wildman–Crippen LogP) is -0.342. The molecule has 0 spiro atoms. The van der Waals surface area contributed by atoms with Gasteiger partial charge in [-0.1, -0.05) is 0 Å². The molecule has 0 rings (SSSR count). The number of carbonyl (C=O) groups is 2. The summed E-state index contributed by atoms with van der Waals surface area (Å²) in [6, 6.07) is -0.531. The van der Waals surface area contributed by atoms with Crippen molar-refractivity contribution < 1.29 is 14.7 Å². The molecule has 0 aromatic heterocycles. The summed E-state index contributed by atoms with van der Waals surface area (Å²) < 4.78 is 0. The molecule has 0 aliphatic carbocycles. The van der Waals surface area contributed by atoms with Gasteiger partial charge in [-0.3, -0.25) is 9.59 Å². The molecule has 0 unspecified atom stereocenters. The Labute approximate surface area is 87.4 Å². The third-order valence-electron chi connectivity index (χ3n) is 1.61. The highest BCUT2D eigenvalue weighted by atomic mass is 32.2. The van der Waals surface area contributed by atoms with Crippen molar-refractivity contribution in [3.63, 3.8) is 0 Å². The minimum Gasteiger partial charge on any atom is -0.481 e. The molecule has 0 fully saturated rings. The lowest BCUT2D eigenvalue weighted by molar-refractivity contribution is -0.136. The van der Waals surface area contributed by atoms with E-state index >= 15 is 0 Å². The molecule has 1 amide bonds. The van der Waals surface area contributed by atoms with Gasteiger partial charge in [0.05, 0.1) is 12.5 Å². The van der Waals surface area contributed by atoms with Crippen molar-refractivity contribution >= 4 is 23.6 Å². The standard InChI is InChI=1S/C8H16N2O3S/c1-14-5-3-6(9)8(13)10-4-2-7(11)12/h6H,2-5,9H2,1H3,(H,10,13)(H,11,12)/t6-/m0/s1. The van der Waals surface area contributed by atoms with Crippen molar-refractivity contribution in [3.05, 3.63) is 0 Å². The van der Waals surface area contributed by atoms with Gasteiger partial charge in [0.2, 0.25) is 5.91 Å². The van der Waals surface area contributed by atoms with Gasteiger partial charge in [0, 0.05) is 6.54 Å². The molecule has 82 valence electrons. The first-order valence-electron chi connectivity index (χ1n) is 4.32. The van der Waals surface area contributed by atoms with E-state index in [0.717, 1.165) is 5.75 Å². The molecule has 0 radical (unpaired) electrons. The maximum Gasteiger partial charge on any atom is 0.305 e. The zero-order valence-electron chi connectivity index (χ0n) is 8.16. The Balaban J connectivity index is 3.56. The summed E-state index contributed by atoms with van der Waals surface area (Å²) in [6.45, 7) is 0.140. The summed E-state index contributed by atoms with van der Waals surface area (Å²) >= 11 is 1.62. The Hall–Kier alpha value is -0.750. The van der Waals surface area contributed by atoms with Crippen LogP contribution in [0.2, 0.25) is 0 Å². The molecular weight excluding hydrogens is 204 g/mol. The lowest BCUT2D eigenvalue weighted by Gasteiger charge is -2.10. The molecule has 0 saturated heterocycles. The first kappa shape index (κ1) is 13.2. The van der Waals surface area contributed by atoms with Crippen molar-refractivity contribution in [2.24, 2.45) is 5.73 Å². The van der Waals surface area contributed by atoms with Crippen LogP contribution in [0.3, 0.4) is 0 Å². The lowest BCUT2D eigenvalue weighted by atomic mass is 10.2. The van der Waals surface area contributed by atoms with E-state index in [1.807, 2.05) is 6.26 Å². The zero-order valence-corrected chi connectivity index (χ0v) is 8.97. The molecule has 0 aromatic rings. The molecule has 0 bridgehead atoms. The Morgan fingerprint density at radius 3 is 2.71 bits per heavy atom. The smallest absolute Gasteiger partial charge is 0.305 e. The monoisotopic (exact) mass is 220 g/mol. The maximum absolute atomic E-state index is 11.2. The Morgan fingerprint density at radius 1 is 1.57 bits per heavy atom. The van der Waals surface area contributed by atoms with E-state index in [-0.39, 0.29) is 18.9 Å². The lowest BCUT2D eigenvalue weighted by Crippen LogP contribution is -2.41. The van der Waals surface area contributed by atoms with Crippen molar-refractivity contribution in [3.8, 4) is 0 Å². The number of rotatable bonds is 7. The molecule has 6 heteroatoms. The number of hydrogen-bond acceptors (Lipinski definition) is 4. The fourth-order valence-corrected chi connectivity index (χ4v) is 1.29. The molecule has 0 aliphatic heterocycles. The Morgan fingerprint density at radius 2 is 2.21 bits per heavy atom. The SMILES string of the molecule is CSCC[C@H](N)C(=O)NCCC(=O)O. The molecule has 0 heterocycles. The number of hydrogen-bond donors (Lipinski definition) is 3. The van der Waals surface area contributed by atoms with E-state index in [2.05, 4.69) is 5.32 Å². The van der Waals surface area contributed by atoms with Gasteiger partial charge >= 0.3 is 5.97 Å². The summed E-state index contributed by atoms with van der Waals surface area (Å²) in [5.74, 6) is -0.378. The fraction of sp³-hybridized carbons (Fsp3) is 0.750. The van der Waals surface area contributed by atoms with Crippen LogP contribution in [0.1, 0.15) is 12.8 Å². The van der Waals surface area contributed by atoms with Gasteiger partial charge in [-0.2, -0.15) is 11.8 Å². The second kappa shape index (κ2) is 7.64. The molecule has 4 N–H and O–H groups in total. The predicted molar refractivity (Wildman–Crippen MR) is 56.2 cm³/mol. The molecule has 0 aliphatic rings. The molecule has 14 heavy (non-hydrogen) atoms. The van der Waals surface area contributed by atoms with E-state index in [1.165, 1.54) is 0 Å². The normalized spacial score (nSPS) is 12.1. The van der Waals surface area contributed by atoms with Crippen LogP contribution in [0.5, 0.6) is 0 Å². The van der Waals surface area contributed by atoms with E-state index < -0.39 is 12.0 Å². The average Bonchev–Trinajstić information content (AvgIpc) is 2.13. The minimum atomic E-state index is -0.928. The summed E-state index contributed by atoms with van der Waals surface area (Å²) in [4.78, 5) is 21.3. The number of carboxylic acid groups (broad SMARTS) is 1. The van der Waals surface area contributed by atoms with Crippen LogP contribution in [-0.4, -0.2) is 41.6 Å². The fourth-order valence-electron chi connectivity index (χ4n) is 0.800. The molecular formula is C8H16N2O3S. The molecule has 0 saturated carbocycles. The highest BCUT2D eigenvalue weighted by Gasteiger charge is 2.12. The third-order valence-corrected chi connectivity index (χ3v) is 2.25. The summed E-state index contributed by atoms with van der Waals surface area (Å²) in [7, 11) is 0. The van der Waals surface area contributed by atoms with Gasteiger partial charge < -0.3 is 16.2 Å². The number of nitrogens with two attached hydrogens (primary N) is 1. The van der Waals surface area contributed by atoms with Gasteiger partial charge in [0.15, 0.2) is 0 Å². The summed E-state index contributed by atoms with van der Waals surface area (Å²) in [6.07, 6.45) is 2.48. The number of carbonyl (C=O) groups excluding carboxylic acids is 1. The van der Waals surface area contributed by atoms with E-state index in [9.17, 15) is 9.59 Å². The van der Waals surface area contributed by atoms with Crippen LogP contribution in [-0.2, 0) is 9.59 Å². The van der Waals surface area contributed by atoms with Crippen LogP contribution in [0.4, 0.5) is 0 Å². The van der Waals surface area contributed by atoms with Crippen molar-refractivity contribution in [1.29, 1.82) is 0 Å². The Bertz CT molecular complexity index is 199. The molecule has 0 aromatic carbocycles. The van der Waals surface area contributed by atoms with Crippen LogP contribution in [0.15, 0.2) is 0 Å². The summed E-state index contributed by atoms with van der Waals surface area (Å²) in [5, 5.41) is 10.8. The number of thioether (sulfide) groups is 1. The maximum atomic E-state index is 11.2. The zero-order chi connectivity index (χ0) is 11.0. The van der Waals surface area contributed by atoms with E-state index in [4.69, 9.17) is 10.8 Å². The highest BCUT2D eigenvalue weighted by molar-refractivity contribution is 7.98. The van der Waals surface area contributed by atoms with Crippen molar-refractivity contribution in [2.75, 3.05) is 18.6 Å². The first-order valence-corrected chi connectivity index (χ1v) is 5.71. The van der Waals surface area contributed by atoms with Gasteiger partial charge in [-0.05, 0) is 18.4 Å². The topological polar surface area (TPSA) is 92.4 Å². The second-order valence-corrected chi connectivity index (χ2v) is 3.81. The van der Waals surface area contributed by atoms with E-state index in [1.54, 1.807) is 11.8 Å². The quantitative estimate of drug-likeness (QED) is 0.546. The first-order chi connectivity index (χ1) is 6.57. The van der Waals surface area contributed by atoms with E-state index in [0.29, 0.717) is 6.42 Å². The number of nitrogens with one attached hydrogen (secondary N) is 1. The summed E-state index contributed by atoms with van der Waals surface area (Å²) in [5.41, 5.74) is 5.55. The van der Waals surface area contributed by atoms with Gasteiger partial charge in [-0.15, -0.1) is 0 Å². The molecule has 1 atom stereocenters. The number of aliphatic carboxylic acids is 1. The third kappa shape index (κ3) is 6.73. The minimum absolute atomic E-state index is 0.0685. The average molecular weight is 220 g/mol. The van der Waals surface area contributed by atoms with Gasteiger partial charge in [-0.25, -0.2) is 0 Å². The number of amides is 1. The van der Waals surface area contributed by atoms with Crippen LogP contribution in [0.25, 0.3) is 0 Å². The van der Waals surface area contributed by atoms with Crippen LogP contribution in [0, 0.1) is 0 Å². The largest absolute Gasteiger partial charge is 0.481 e. The van der Waals surface area contributed by atoms with Crippen molar-refractivity contribution in [2.45, 2.75) is 18.9 Å². The Kier molecular flexibility index (Phi) is 7.23. The molecule has 5 nitrogen and oxygen atoms in total. The van der Waals surface area contributed by atoms with Gasteiger partial charge in [0.1, 0.15) is 0 Å². The second-order valence-electron chi connectivity index (χ2n) is 2.82. The van der Waals surface area contributed by atoms with Crippen LogP contribution >= 0.6 is 11.8 Å². The van der Waals surface area contributed by atoms with Gasteiger partial charge in [0.25, 0.3) is 0 Å². The highest BCUT2D eigenvalue weighted by Crippen LogP contribution is 1.98. The van der Waals surface area contributed by atoms with Crippen molar-refractivity contribution in [1.82, 2.24) is 5.32 Å². The van der Waals surface area contributed by atoms with Crippen LogP contribution < -0.4 is 11.1 Å². The number of carboxylic acids is 1.